The van der Waals surface area contributed by atoms with Crippen molar-refractivity contribution >= 4 is 40.2 Å². The van der Waals surface area contributed by atoms with Gasteiger partial charge in [-0.05, 0) is 12.5 Å². The van der Waals surface area contributed by atoms with Crippen molar-refractivity contribution in [3.8, 4) is 6.07 Å². The maximum Gasteiger partial charge on any atom is 0.186 e. The van der Waals surface area contributed by atoms with E-state index >= 15 is 0 Å². The summed E-state index contributed by atoms with van der Waals surface area (Å²) in [6.07, 6.45) is 2.73. The van der Waals surface area contributed by atoms with Crippen LogP contribution in [0.25, 0.3) is 0 Å². The molecule has 24 heavy (non-hydrogen) atoms. The number of hydrogen-bond donors (Lipinski definition) is 1. The molecule has 0 bridgehead atoms. The van der Waals surface area contributed by atoms with E-state index in [9.17, 15) is 10.1 Å². The lowest BCUT2D eigenvalue weighted by Crippen LogP contribution is -2.31. The Morgan fingerprint density at radius 2 is 2.12 bits per heavy atom. The van der Waals surface area contributed by atoms with Gasteiger partial charge in [0, 0.05) is 44.7 Å². The number of pyridine rings is 1. The first kappa shape index (κ1) is 16.6. The minimum atomic E-state index is -0.00822. The molecule has 3 rings (SSSR count). The number of nitriles is 1. The van der Waals surface area contributed by atoms with Gasteiger partial charge in [0.25, 0.3) is 0 Å². The average molecular weight is 359 g/mol. The fourth-order valence-corrected chi connectivity index (χ4v) is 3.90. The van der Waals surface area contributed by atoms with Crippen LogP contribution in [0.5, 0.6) is 0 Å². The molecule has 0 aliphatic carbocycles. The maximum atomic E-state index is 11.4. The first-order valence-electron chi connectivity index (χ1n) is 7.68. The normalized spacial score (nSPS) is 15.0. The van der Waals surface area contributed by atoms with Gasteiger partial charge in [0.2, 0.25) is 0 Å². The van der Waals surface area contributed by atoms with Crippen LogP contribution in [0.2, 0.25) is 0 Å². The number of nitrogens with one attached hydrogen (secondary N) is 1. The molecule has 1 fully saturated rings. The van der Waals surface area contributed by atoms with Crippen molar-refractivity contribution in [2.24, 2.45) is 0 Å². The molecule has 2 aromatic heterocycles. The van der Waals surface area contributed by atoms with Crippen molar-refractivity contribution in [2.75, 3.05) is 36.0 Å². The van der Waals surface area contributed by atoms with Crippen LogP contribution in [0.4, 0.5) is 10.8 Å². The second kappa shape index (κ2) is 7.11. The van der Waals surface area contributed by atoms with E-state index in [-0.39, 0.29) is 5.78 Å². The fraction of sp³-hybridized carbons (Fsp3) is 0.375. The van der Waals surface area contributed by atoms with Crippen LogP contribution in [0.1, 0.15) is 29.4 Å². The molecule has 3 heterocycles. The summed E-state index contributed by atoms with van der Waals surface area (Å²) in [6.45, 7) is 4.84. The Morgan fingerprint density at radius 3 is 2.83 bits per heavy atom. The largest absolute Gasteiger partial charge is 0.368 e. The lowest BCUT2D eigenvalue weighted by atomic mass is 10.2. The molecule has 0 atom stereocenters. The molecule has 1 saturated heterocycles. The summed E-state index contributed by atoms with van der Waals surface area (Å²) in [5.41, 5.74) is 1.93. The zero-order chi connectivity index (χ0) is 17.1. The van der Waals surface area contributed by atoms with Gasteiger partial charge in [-0.25, -0.2) is 4.98 Å². The van der Waals surface area contributed by atoms with Crippen molar-refractivity contribution in [1.82, 2.24) is 9.97 Å². The van der Waals surface area contributed by atoms with Gasteiger partial charge >= 0.3 is 0 Å². The van der Waals surface area contributed by atoms with E-state index in [1.54, 1.807) is 6.20 Å². The summed E-state index contributed by atoms with van der Waals surface area (Å²) < 4.78 is 0.474. The van der Waals surface area contributed by atoms with Crippen LogP contribution < -0.4 is 9.80 Å². The first-order valence-corrected chi connectivity index (χ1v) is 8.97. The predicted molar refractivity (Wildman–Crippen MR) is 97.5 cm³/mol. The molecule has 0 unspecified atom stereocenters. The molecular weight excluding hydrogens is 342 g/mol. The highest BCUT2D eigenvalue weighted by Crippen LogP contribution is 2.25. The highest BCUT2D eigenvalue weighted by Gasteiger charge is 2.20. The van der Waals surface area contributed by atoms with E-state index in [0.717, 1.165) is 43.4 Å². The molecule has 8 heteroatoms. The van der Waals surface area contributed by atoms with E-state index in [0.29, 0.717) is 15.9 Å². The van der Waals surface area contributed by atoms with Crippen molar-refractivity contribution in [3.63, 3.8) is 0 Å². The summed E-state index contributed by atoms with van der Waals surface area (Å²) in [6, 6.07) is 4.11. The lowest BCUT2D eigenvalue weighted by Gasteiger charge is -2.24. The molecule has 2 aromatic rings. The molecule has 0 spiro atoms. The van der Waals surface area contributed by atoms with Gasteiger partial charge < -0.3 is 14.8 Å². The maximum absolute atomic E-state index is 11.4. The van der Waals surface area contributed by atoms with E-state index < -0.39 is 0 Å². The van der Waals surface area contributed by atoms with Gasteiger partial charge in [-0.3, -0.25) is 4.79 Å². The number of H-pyrrole nitrogens is 1. The van der Waals surface area contributed by atoms with Gasteiger partial charge in [0.05, 0.1) is 5.69 Å². The molecule has 0 saturated carbocycles. The van der Waals surface area contributed by atoms with Crippen LogP contribution in [0.15, 0.2) is 17.6 Å². The Bertz CT molecular complexity index is 851. The van der Waals surface area contributed by atoms with Gasteiger partial charge in [-0.1, -0.05) is 12.2 Å². The number of hydrogen-bond acceptors (Lipinski definition) is 7. The highest BCUT2D eigenvalue weighted by molar-refractivity contribution is 7.71. The van der Waals surface area contributed by atoms with Crippen molar-refractivity contribution in [1.29, 1.82) is 5.26 Å². The van der Waals surface area contributed by atoms with E-state index in [1.165, 1.54) is 18.3 Å². The van der Waals surface area contributed by atoms with Gasteiger partial charge in [0.1, 0.15) is 22.0 Å². The second-order valence-electron chi connectivity index (χ2n) is 5.58. The van der Waals surface area contributed by atoms with Crippen LogP contribution in [0.3, 0.4) is 0 Å². The Kier molecular flexibility index (Phi) is 4.92. The Morgan fingerprint density at radius 1 is 1.38 bits per heavy atom. The highest BCUT2D eigenvalue weighted by atomic mass is 32.1. The third-order valence-corrected chi connectivity index (χ3v) is 5.23. The zero-order valence-electron chi connectivity index (χ0n) is 13.3. The molecule has 0 aromatic carbocycles. The summed E-state index contributed by atoms with van der Waals surface area (Å²) in [5, 5.41) is 12.1. The van der Waals surface area contributed by atoms with Crippen LogP contribution in [-0.4, -0.2) is 41.9 Å². The quantitative estimate of drug-likeness (QED) is 0.671. The number of Topliss-reactive ketones (excluding diaryl/α,β-unsaturated/α-hetero) is 1. The fourth-order valence-electron chi connectivity index (χ4n) is 2.76. The van der Waals surface area contributed by atoms with Crippen molar-refractivity contribution < 1.29 is 4.79 Å². The van der Waals surface area contributed by atoms with E-state index in [1.807, 2.05) is 11.4 Å². The smallest absolute Gasteiger partial charge is 0.186 e. The number of aromatic nitrogens is 2. The minimum Gasteiger partial charge on any atom is -0.368 e. The third kappa shape index (κ3) is 3.32. The topological polar surface area (TPSA) is 76.0 Å². The number of rotatable bonds is 3. The first-order chi connectivity index (χ1) is 11.6. The van der Waals surface area contributed by atoms with Crippen molar-refractivity contribution in [2.45, 2.75) is 13.3 Å². The Hall–Kier alpha value is -2.24. The van der Waals surface area contributed by atoms with Crippen LogP contribution in [0, 0.1) is 16.0 Å². The average Bonchev–Trinajstić information content (AvgIpc) is 2.94. The van der Waals surface area contributed by atoms with E-state index in [2.05, 4.69) is 25.8 Å². The predicted octanol–water partition coefficient (Wildman–Crippen LogP) is 2.99. The summed E-state index contributed by atoms with van der Waals surface area (Å²) in [4.78, 5) is 23.2. The SMILES string of the molecule is CC(=O)c1csc(N2CCCN(c3cc[nH]c(=S)c3C#N)CC2)n1. The lowest BCUT2D eigenvalue weighted by molar-refractivity contribution is 0.101. The third-order valence-electron chi connectivity index (χ3n) is 4.01. The zero-order valence-corrected chi connectivity index (χ0v) is 14.9. The second-order valence-corrected chi connectivity index (χ2v) is 6.82. The molecule has 1 aliphatic rings. The molecular formula is C16H17N5OS2. The van der Waals surface area contributed by atoms with Crippen LogP contribution in [-0.2, 0) is 0 Å². The Balaban J connectivity index is 1.78. The number of carbonyl (C=O) groups is 1. The number of aromatic amines is 1. The molecule has 124 valence electrons. The number of anilines is 2. The minimum absolute atomic E-state index is 0.00822. The summed E-state index contributed by atoms with van der Waals surface area (Å²) in [7, 11) is 0. The Labute approximate surface area is 149 Å². The summed E-state index contributed by atoms with van der Waals surface area (Å²) in [5.74, 6) is -0.00822. The molecule has 1 N–H and O–H groups in total. The standard InChI is InChI=1S/C16H17N5OS2/c1-11(22)13-10-24-16(19-13)21-6-2-5-20(7-8-21)14-3-4-18-15(23)12(14)9-17/h3-4,10H,2,5-8H2,1H3,(H,18,23). The molecule has 0 amide bonds. The van der Waals surface area contributed by atoms with Gasteiger partial charge in [-0.2, -0.15) is 5.26 Å². The molecule has 6 nitrogen and oxygen atoms in total. The number of nitrogens with zero attached hydrogens (tertiary/aromatic N) is 4. The van der Waals surface area contributed by atoms with E-state index in [4.69, 9.17) is 12.2 Å². The number of carbonyl (C=O) groups excluding carboxylic acids is 1. The van der Waals surface area contributed by atoms with Crippen LogP contribution >= 0.6 is 23.6 Å². The van der Waals surface area contributed by atoms with Gasteiger partial charge in [0.15, 0.2) is 10.9 Å². The van der Waals surface area contributed by atoms with Gasteiger partial charge in [-0.15, -0.1) is 11.3 Å². The summed E-state index contributed by atoms with van der Waals surface area (Å²) >= 11 is 6.72. The monoisotopic (exact) mass is 359 g/mol. The van der Waals surface area contributed by atoms with Crippen molar-refractivity contribution in [3.05, 3.63) is 33.5 Å². The molecule has 1 aliphatic heterocycles. The number of thiazole rings is 1. The number of ketones is 1. The molecule has 0 radical (unpaired) electrons.